The summed E-state index contributed by atoms with van der Waals surface area (Å²) in [4.78, 5) is 13.0. The average Bonchev–Trinajstić information content (AvgIpc) is 3.64. The van der Waals surface area contributed by atoms with E-state index in [9.17, 15) is 26.3 Å². The summed E-state index contributed by atoms with van der Waals surface area (Å²) >= 11 is 3.30. The molecule has 0 unspecified atom stereocenters. The number of alkyl halides is 6. The van der Waals surface area contributed by atoms with Gasteiger partial charge in [0.15, 0.2) is 34.6 Å². The Morgan fingerprint density at radius 1 is 0.621 bits per heavy atom. The minimum atomic E-state index is -4.29. The summed E-state index contributed by atoms with van der Waals surface area (Å²) in [7, 11) is 3.83. The molecule has 0 radical (unpaired) electrons. The molecule has 352 valence electrons. The zero-order valence-electron chi connectivity index (χ0n) is 37.2. The first kappa shape index (κ1) is 46.5. The van der Waals surface area contributed by atoms with Crippen molar-refractivity contribution in [2.45, 2.75) is 86.9 Å². The predicted molar refractivity (Wildman–Crippen MR) is 238 cm³/mol. The summed E-state index contributed by atoms with van der Waals surface area (Å²) in [5.41, 5.74) is 1.60. The monoisotopic (exact) mass is 954 g/mol. The van der Waals surface area contributed by atoms with Crippen molar-refractivity contribution in [3.8, 4) is 23.2 Å². The Hall–Kier alpha value is -4.66. The van der Waals surface area contributed by atoms with Crippen LogP contribution in [0, 0.1) is 24.7 Å². The highest BCUT2D eigenvalue weighted by atomic mass is 32.2. The fraction of sp³-hybridized carbons (Fsp3) is 0.522. The van der Waals surface area contributed by atoms with Gasteiger partial charge in [0.1, 0.15) is 0 Å². The molecule has 2 aliphatic heterocycles. The van der Waals surface area contributed by atoms with Gasteiger partial charge >= 0.3 is 12.4 Å². The Kier molecular flexibility index (Phi) is 13.0. The van der Waals surface area contributed by atoms with Crippen LogP contribution >= 0.6 is 23.5 Å². The highest BCUT2D eigenvalue weighted by Gasteiger charge is 2.60. The molecule has 2 saturated carbocycles. The minimum Gasteiger partial charge on any atom is -0.440 e. The van der Waals surface area contributed by atoms with E-state index >= 15 is 0 Å². The lowest BCUT2D eigenvalue weighted by atomic mass is 9.94. The molecule has 6 heterocycles. The maximum atomic E-state index is 13.4. The number of nitrogens with zero attached hydrogens (tertiary/aromatic N) is 10. The first-order chi connectivity index (χ1) is 31.6. The minimum absolute atomic E-state index is 0.0158. The van der Waals surface area contributed by atoms with Crippen molar-refractivity contribution in [3.63, 3.8) is 0 Å². The van der Waals surface area contributed by atoms with Gasteiger partial charge < -0.3 is 27.8 Å². The predicted octanol–water partition coefficient (Wildman–Crippen LogP) is 10.3. The Morgan fingerprint density at radius 3 is 1.41 bits per heavy atom. The number of hydrogen-bond acceptors (Lipinski definition) is 12. The van der Waals surface area contributed by atoms with Crippen molar-refractivity contribution in [1.82, 2.24) is 49.3 Å². The van der Waals surface area contributed by atoms with Crippen LogP contribution in [0.3, 0.4) is 0 Å². The molecule has 4 aromatic heterocycles. The maximum absolute atomic E-state index is 13.4. The van der Waals surface area contributed by atoms with E-state index in [0.29, 0.717) is 34.3 Å². The van der Waals surface area contributed by atoms with Gasteiger partial charge in [-0.2, -0.15) is 26.3 Å². The van der Waals surface area contributed by atoms with Gasteiger partial charge in [0.05, 0.1) is 22.5 Å². The summed E-state index contributed by atoms with van der Waals surface area (Å²) in [6.07, 6.45) is -0.156. The number of rotatable bonds is 14. The summed E-state index contributed by atoms with van der Waals surface area (Å²) in [5, 5.41) is 18.7. The van der Waals surface area contributed by atoms with Crippen LogP contribution in [0.1, 0.15) is 84.0 Å². The number of likely N-dealkylation sites (tertiary alicyclic amines) is 2. The first-order valence-corrected chi connectivity index (χ1v) is 24.2. The lowest BCUT2D eigenvalue weighted by Gasteiger charge is -2.17. The summed E-state index contributed by atoms with van der Waals surface area (Å²) < 4.78 is 95.2. The van der Waals surface area contributed by atoms with E-state index in [1.807, 2.05) is 37.1 Å². The molecule has 2 aliphatic carbocycles. The van der Waals surface area contributed by atoms with Crippen molar-refractivity contribution < 1.29 is 35.2 Å². The molecule has 0 amide bonds. The molecule has 0 N–H and O–H groups in total. The molecule has 4 aliphatic rings. The molecule has 66 heavy (non-hydrogen) atoms. The van der Waals surface area contributed by atoms with Gasteiger partial charge in [-0.25, -0.2) is 9.97 Å². The van der Waals surface area contributed by atoms with Crippen molar-refractivity contribution in [3.05, 3.63) is 95.0 Å². The molecule has 20 heteroatoms. The number of aromatic nitrogens is 8. The standard InChI is InChI=1S/2C23H26F3N5OS/c2*1-15-19(32-14-27-15)20-28-29-21(30(20)2)33-11-5-9-31-10-8-22(13-31)12-18(22)16-6-3-4-7-17(16)23(24,25)26/h2*3-4,6-7,14,18H,5,8-13H2,1-2H3/t2*18-,22-/m10/s1. The molecular formula is C46H52F6N10O2S2. The van der Waals surface area contributed by atoms with E-state index < -0.39 is 23.5 Å². The normalized spacial score (nSPS) is 23.0. The Balaban J connectivity index is 0.000000166. The first-order valence-electron chi connectivity index (χ1n) is 22.2. The van der Waals surface area contributed by atoms with Crippen LogP contribution in [0.5, 0.6) is 0 Å². The van der Waals surface area contributed by atoms with Gasteiger partial charge in [0.25, 0.3) is 0 Å². The zero-order valence-corrected chi connectivity index (χ0v) is 38.8. The number of halogens is 6. The topological polar surface area (TPSA) is 120 Å². The van der Waals surface area contributed by atoms with Gasteiger partial charge in [-0.3, -0.25) is 0 Å². The van der Waals surface area contributed by atoms with Crippen LogP contribution in [-0.4, -0.2) is 100 Å². The second-order valence-electron chi connectivity index (χ2n) is 18.1. The number of aryl methyl sites for hydroxylation is 2. The molecule has 4 fully saturated rings. The molecule has 2 aromatic carbocycles. The van der Waals surface area contributed by atoms with Gasteiger partial charge in [0, 0.05) is 38.7 Å². The molecule has 12 nitrogen and oxygen atoms in total. The Morgan fingerprint density at radius 2 is 1.03 bits per heavy atom. The molecule has 0 bridgehead atoms. The van der Waals surface area contributed by atoms with Crippen LogP contribution < -0.4 is 0 Å². The molecule has 4 atom stereocenters. The SMILES string of the molecule is Cc1ncoc1-c1nnc(SCCCN2CC[C@@]3(C[C@@H]3c3ccccc3C(F)(F)F)C2)n1C.Cc1ncoc1-c1nnc(SCCCN2CC[C@]3(C[C@H]3c3ccccc3C(F)(F)F)C2)n1C. The average molecular weight is 955 g/mol. The van der Waals surface area contributed by atoms with Crippen molar-refractivity contribution in [2.24, 2.45) is 24.9 Å². The third kappa shape index (κ3) is 9.56. The molecular weight excluding hydrogens is 903 g/mol. The summed E-state index contributed by atoms with van der Waals surface area (Å²) in [6, 6.07) is 12.2. The van der Waals surface area contributed by atoms with E-state index in [1.165, 1.54) is 37.1 Å². The lowest BCUT2D eigenvalue weighted by molar-refractivity contribution is -0.139. The van der Waals surface area contributed by atoms with Crippen LogP contribution in [0.15, 0.2) is 80.5 Å². The molecule has 6 aromatic rings. The van der Waals surface area contributed by atoms with Gasteiger partial charge in [-0.05, 0) is 124 Å². The lowest BCUT2D eigenvalue weighted by Crippen LogP contribution is -2.23. The van der Waals surface area contributed by atoms with Crippen LogP contribution in [-0.2, 0) is 26.4 Å². The number of benzene rings is 2. The van der Waals surface area contributed by atoms with Gasteiger partial charge in [0.2, 0.25) is 11.6 Å². The Labute approximate surface area is 387 Å². The van der Waals surface area contributed by atoms with Crippen molar-refractivity contribution >= 4 is 23.5 Å². The van der Waals surface area contributed by atoms with Crippen molar-refractivity contribution in [1.29, 1.82) is 0 Å². The summed E-state index contributed by atoms with van der Waals surface area (Å²) in [6.45, 7) is 9.29. The van der Waals surface area contributed by atoms with Gasteiger partial charge in [-0.1, -0.05) is 59.9 Å². The second-order valence-corrected chi connectivity index (χ2v) is 20.3. The smallest absolute Gasteiger partial charge is 0.416 e. The largest absolute Gasteiger partial charge is 0.440 e. The van der Waals surface area contributed by atoms with Crippen LogP contribution in [0.4, 0.5) is 26.3 Å². The third-order valence-electron chi connectivity index (χ3n) is 13.9. The van der Waals surface area contributed by atoms with Gasteiger partial charge in [-0.15, -0.1) is 20.4 Å². The van der Waals surface area contributed by atoms with E-state index in [4.69, 9.17) is 8.83 Å². The van der Waals surface area contributed by atoms with E-state index in [0.717, 1.165) is 111 Å². The molecule has 2 spiro atoms. The highest BCUT2D eigenvalue weighted by molar-refractivity contribution is 7.99. The molecule has 10 rings (SSSR count). The number of hydrogen-bond donors (Lipinski definition) is 0. The van der Waals surface area contributed by atoms with Crippen LogP contribution in [0.25, 0.3) is 23.2 Å². The highest BCUT2D eigenvalue weighted by Crippen LogP contribution is 2.66. The van der Waals surface area contributed by atoms with E-state index in [1.54, 1.807) is 47.8 Å². The van der Waals surface area contributed by atoms with E-state index in [-0.39, 0.29) is 22.7 Å². The third-order valence-corrected chi connectivity index (χ3v) is 16.1. The number of oxazole rings is 2. The zero-order chi connectivity index (χ0) is 46.4. The summed E-state index contributed by atoms with van der Waals surface area (Å²) in [5.74, 6) is 4.41. The fourth-order valence-electron chi connectivity index (χ4n) is 10.2. The maximum Gasteiger partial charge on any atom is 0.416 e. The molecule has 2 saturated heterocycles. The quantitative estimate of drug-likeness (QED) is 0.0587. The fourth-order valence-corrected chi connectivity index (χ4v) is 11.8. The van der Waals surface area contributed by atoms with Crippen LogP contribution in [0.2, 0.25) is 0 Å². The number of thioether (sulfide) groups is 2. The van der Waals surface area contributed by atoms with Crippen molar-refractivity contribution in [2.75, 3.05) is 50.8 Å². The Bertz CT molecular complexity index is 2460. The van der Waals surface area contributed by atoms with E-state index in [2.05, 4.69) is 40.2 Å². The second kappa shape index (κ2) is 18.4.